The fourth-order valence-electron chi connectivity index (χ4n) is 1.82. The highest BCUT2D eigenvalue weighted by atomic mass is 16.1. The Morgan fingerprint density at radius 3 is 2.68 bits per heavy atom. The Morgan fingerprint density at radius 2 is 2.11 bits per heavy atom. The molecule has 0 aliphatic carbocycles. The second-order valence-electron chi connectivity index (χ2n) is 5.85. The number of nitrogens with one attached hydrogen (secondary N) is 1. The molecule has 1 aromatic heterocycles. The fraction of sp³-hybridized carbons (Fsp3) is 0.714. The van der Waals surface area contributed by atoms with Crippen molar-refractivity contribution in [1.29, 1.82) is 0 Å². The van der Waals surface area contributed by atoms with Crippen LogP contribution in [0.15, 0.2) is 17.2 Å². The van der Waals surface area contributed by atoms with Gasteiger partial charge in [-0.25, -0.2) is 4.98 Å². The molecule has 1 rings (SSSR count). The predicted octanol–water partition coefficient (Wildman–Crippen LogP) is 1.48. The van der Waals surface area contributed by atoms with Crippen LogP contribution >= 0.6 is 0 Å². The molecule has 0 aliphatic heterocycles. The molecule has 0 amide bonds. The summed E-state index contributed by atoms with van der Waals surface area (Å²) in [6.45, 7) is 10.8. The maximum atomic E-state index is 12.2. The van der Waals surface area contributed by atoms with Crippen molar-refractivity contribution in [2.24, 2.45) is 0 Å². The van der Waals surface area contributed by atoms with Crippen LogP contribution in [0, 0.1) is 0 Å². The third kappa shape index (κ3) is 5.03. The first-order chi connectivity index (χ1) is 8.85. The van der Waals surface area contributed by atoms with Gasteiger partial charge in [0.2, 0.25) is 0 Å². The molecule has 0 radical (unpaired) electrons. The van der Waals surface area contributed by atoms with Crippen LogP contribution in [0.4, 0.5) is 5.82 Å². The van der Waals surface area contributed by atoms with E-state index in [2.05, 4.69) is 38.0 Å². The van der Waals surface area contributed by atoms with Gasteiger partial charge in [0.25, 0.3) is 5.56 Å². The number of nitrogens with zero attached hydrogens (tertiary/aromatic N) is 3. The quantitative estimate of drug-likeness (QED) is 0.847. The van der Waals surface area contributed by atoms with E-state index in [9.17, 15) is 4.79 Å². The van der Waals surface area contributed by atoms with Crippen LogP contribution in [0.1, 0.15) is 34.1 Å². The second-order valence-corrected chi connectivity index (χ2v) is 5.85. The lowest BCUT2D eigenvalue weighted by Gasteiger charge is -2.24. The summed E-state index contributed by atoms with van der Waals surface area (Å²) in [6.07, 6.45) is 4.38. The molecule has 108 valence electrons. The van der Waals surface area contributed by atoms with E-state index in [1.54, 1.807) is 17.0 Å². The second kappa shape index (κ2) is 6.70. The first kappa shape index (κ1) is 15.7. The number of hydrogen-bond donors (Lipinski definition) is 1. The van der Waals surface area contributed by atoms with E-state index in [4.69, 9.17) is 0 Å². The van der Waals surface area contributed by atoms with Crippen molar-refractivity contribution in [3.05, 3.63) is 22.7 Å². The van der Waals surface area contributed by atoms with Gasteiger partial charge in [0, 0.05) is 44.6 Å². The van der Waals surface area contributed by atoms with Crippen LogP contribution in [0.2, 0.25) is 0 Å². The molecule has 1 aromatic rings. The van der Waals surface area contributed by atoms with Crippen molar-refractivity contribution in [3.8, 4) is 0 Å². The summed E-state index contributed by atoms with van der Waals surface area (Å²) in [5, 5.41) is 3.40. The summed E-state index contributed by atoms with van der Waals surface area (Å²) in [4.78, 5) is 18.3. The van der Waals surface area contributed by atoms with Crippen molar-refractivity contribution in [3.63, 3.8) is 0 Å². The van der Waals surface area contributed by atoms with E-state index in [0.29, 0.717) is 5.82 Å². The zero-order chi connectivity index (χ0) is 14.5. The Bertz CT molecular complexity index is 447. The molecule has 0 atom stereocenters. The number of rotatable bonds is 6. The largest absolute Gasteiger partial charge is 0.354 e. The molecule has 0 aliphatic rings. The van der Waals surface area contributed by atoms with Crippen LogP contribution in [-0.4, -0.2) is 35.2 Å². The van der Waals surface area contributed by atoms with Crippen molar-refractivity contribution in [2.45, 2.75) is 46.2 Å². The molecule has 0 saturated heterocycles. The minimum atomic E-state index is -0.0115. The molecule has 0 aromatic carbocycles. The molecule has 5 nitrogen and oxygen atoms in total. The van der Waals surface area contributed by atoms with Crippen LogP contribution in [-0.2, 0) is 6.54 Å². The van der Waals surface area contributed by atoms with Crippen LogP contribution in [0.3, 0.4) is 0 Å². The van der Waals surface area contributed by atoms with Crippen LogP contribution < -0.4 is 15.8 Å². The van der Waals surface area contributed by atoms with Gasteiger partial charge in [-0.1, -0.05) is 6.92 Å². The Kier molecular flexibility index (Phi) is 5.54. The molecular weight excluding hydrogens is 240 g/mol. The average Bonchev–Trinajstić information content (AvgIpc) is 2.30. The standard InChI is InChI=1S/C14H26N4O/c1-6-9-18-11-7-15-12(13(18)19)17(5)10-8-16-14(2,3)4/h7,11,16H,6,8-10H2,1-5H3. The topological polar surface area (TPSA) is 50.2 Å². The minimum Gasteiger partial charge on any atom is -0.354 e. The lowest BCUT2D eigenvalue weighted by molar-refractivity contribution is 0.430. The van der Waals surface area contributed by atoms with Gasteiger partial charge in [0.1, 0.15) is 0 Å². The number of aromatic nitrogens is 2. The average molecular weight is 266 g/mol. The summed E-state index contributed by atoms with van der Waals surface area (Å²) >= 11 is 0. The van der Waals surface area contributed by atoms with Crippen molar-refractivity contribution < 1.29 is 0 Å². The van der Waals surface area contributed by atoms with E-state index < -0.39 is 0 Å². The summed E-state index contributed by atoms with van der Waals surface area (Å²) < 4.78 is 1.72. The number of aryl methyl sites for hydroxylation is 1. The van der Waals surface area contributed by atoms with Crippen molar-refractivity contribution in [2.75, 3.05) is 25.0 Å². The van der Waals surface area contributed by atoms with Gasteiger partial charge >= 0.3 is 0 Å². The molecule has 1 heterocycles. The SMILES string of the molecule is CCCn1ccnc(N(C)CCNC(C)(C)C)c1=O. The minimum absolute atomic E-state index is 0.0115. The molecule has 19 heavy (non-hydrogen) atoms. The molecule has 1 N–H and O–H groups in total. The zero-order valence-corrected chi connectivity index (χ0v) is 12.7. The highest BCUT2D eigenvalue weighted by Crippen LogP contribution is 2.02. The molecule has 0 bridgehead atoms. The summed E-state index contributed by atoms with van der Waals surface area (Å²) in [5.74, 6) is 0.520. The highest BCUT2D eigenvalue weighted by molar-refractivity contribution is 5.34. The van der Waals surface area contributed by atoms with Crippen molar-refractivity contribution >= 4 is 5.82 Å². The Morgan fingerprint density at radius 1 is 1.42 bits per heavy atom. The third-order valence-electron chi connectivity index (χ3n) is 2.82. The van der Waals surface area contributed by atoms with Crippen molar-refractivity contribution in [1.82, 2.24) is 14.9 Å². The predicted molar refractivity (Wildman–Crippen MR) is 79.8 cm³/mol. The molecule has 0 saturated carbocycles. The molecule has 0 spiro atoms. The van der Waals surface area contributed by atoms with E-state index in [1.807, 2.05) is 11.9 Å². The summed E-state index contributed by atoms with van der Waals surface area (Å²) in [7, 11) is 1.91. The first-order valence-corrected chi connectivity index (χ1v) is 6.87. The Hall–Kier alpha value is -1.36. The molecule has 0 unspecified atom stereocenters. The fourth-order valence-corrected chi connectivity index (χ4v) is 1.82. The van der Waals surface area contributed by atoms with Gasteiger partial charge in [0.05, 0.1) is 0 Å². The molecule has 0 fully saturated rings. The Labute approximate surface area is 115 Å². The lowest BCUT2D eigenvalue weighted by atomic mass is 10.1. The third-order valence-corrected chi connectivity index (χ3v) is 2.82. The van der Waals surface area contributed by atoms with Gasteiger partial charge in [-0.05, 0) is 27.2 Å². The summed E-state index contributed by atoms with van der Waals surface area (Å²) in [5.41, 5.74) is 0.0792. The number of hydrogen-bond acceptors (Lipinski definition) is 4. The van der Waals surface area contributed by atoms with Gasteiger partial charge in [-0.3, -0.25) is 4.79 Å². The number of anilines is 1. The molecule has 5 heteroatoms. The lowest BCUT2D eigenvalue weighted by Crippen LogP contribution is -2.42. The smallest absolute Gasteiger partial charge is 0.293 e. The van der Waals surface area contributed by atoms with E-state index in [0.717, 1.165) is 26.1 Å². The van der Waals surface area contributed by atoms with Gasteiger partial charge in [-0.2, -0.15) is 0 Å². The van der Waals surface area contributed by atoms with E-state index >= 15 is 0 Å². The van der Waals surface area contributed by atoms with Gasteiger partial charge in [-0.15, -0.1) is 0 Å². The highest BCUT2D eigenvalue weighted by Gasteiger charge is 2.12. The van der Waals surface area contributed by atoms with Crippen LogP contribution in [0.5, 0.6) is 0 Å². The first-order valence-electron chi connectivity index (χ1n) is 6.87. The zero-order valence-electron chi connectivity index (χ0n) is 12.7. The van der Waals surface area contributed by atoms with Gasteiger partial charge in [0.15, 0.2) is 5.82 Å². The normalized spacial score (nSPS) is 11.6. The number of likely N-dealkylation sites (N-methyl/N-ethyl adjacent to an activating group) is 1. The monoisotopic (exact) mass is 266 g/mol. The summed E-state index contributed by atoms with van der Waals surface area (Å²) in [6, 6.07) is 0. The maximum Gasteiger partial charge on any atom is 0.293 e. The van der Waals surface area contributed by atoms with Crippen LogP contribution in [0.25, 0.3) is 0 Å². The maximum absolute atomic E-state index is 12.2. The van der Waals surface area contributed by atoms with E-state index in [-0.39, 0.29) is 11.1 Å². The molecular formula is C14H26N4O. The van der Waals surface area contributed by atoms with Gasteiger partial charge < -0.3 is 14.8 Å². The van der Waals surface area contributed by atoms with E-state index in [1.165, 1.54) is 0 Å². The Balaban J connectivity index is 2.69.